The smallest absolute Gasteiger partial charge is 0.278 e. The molecule has 2 aromatic carbocycles. The molecule has 0 radical (unpaired) electrons. The van der Waals surface area contributed by atoms with Crippen molar-refractivity contribution in [3.8, 4) is 11.5 Å². The Morgan fingerprint density at radius 3 is 2.33 bits per heavy atom. The van der Waals surface area contributed by atoms with E-state index in [1.165, 1.54) is 4.90 Å². The number of ether oxygens (including phenoxy) is 2. The summed E-state index contributed by atoms with van der Waals surface area (Å²) in [7, 11) is 0. The van der Waals surface area contributed by atoms with Crippen molar-refractivity contribution in [2.45, 2.75) is 27.3 Å². The minimum absolute atomic E-state index is 0.187. The summed E-state index contributed by atoms with van der Waals surface area (Å²) in [5.74, 6) is 0.857. The third-order valence-electron chi connectivity index (χ3n) is 6.85. The number of nitrogens with zero attached hydrogens (tertiary/aromatic N) is 3. The number of hydrogen-bond donors (Lipinski definition) is 0. The number of imide groups is 1. The van der Waals surface area contributed by atoms with E-state index in [-0.39, 0.29) is 25.2 Å². The molecule has 5 rings (SSSR count). The van der Waals surface area contributed by atoms with Crippen LogP contribution in [0.25, 0.3) is 5.57 Å². The molecule has 7 nitrogen and oxygen atoms in total. The second-order valence-electron chi connectivity index (χ2n) is 8.83. The second kappa shape index (κ2) is 8.56. The molecule has 0 bridgehead atoms. The van der Waals surface area contributed by atoms with Crippen molar-refractivity contribution >= 4 is 17.4 Å². The van der Waals surface area contributed by atoms with Crippen molar-refractivity contribution < 1.29 is 19.1 Å². The number of piperazine rings is 1. The summed E-state index contributed by atoms with van der Waals surface area (Å²) in [5, 5.41) is 0. The van der Waals surface area contributed by atoms with Gasteiger partial charge < -0.3 is 19.3 Å². The first-order valence-electron chi connectivity index (χ1n) is 11.5. The summed E-state index contributed by atoms with van der Waals surface area (Å²) in [6, 6.07) is 11.5. The highest BCUT2D eigenvalue weighted by Crippen LogP contribution is 2.36. The molecule has 33 heavy (non-hydrogen) atoms. The van der Waals surface area contributed by atoms with E-state index in [1.54, 1.807) is 0 Å². The zero-order valence-corrected chi connectivity index (χ0v) is 19.4. The number of hydrogen-bond acceptors (Lipinski definition) is 6. The molecule has 3 heterocycles. The van der Waals surface area contributed by atoms with Crippen molar-refractivity contribution in [2.75, 3.05) is 39.5 Å². The van der Waals surface area contributed by atoms with E-state index < -0.39 is 0 Å². The number of fused-ring (bicyclic) bond motifs is 1. The Morgan fingerprint density at radius 2 is 1.61 bits per heavy atom. The number of aryl methyl sites for hydroxylation is 2. The monoisotopic (exact) mass is 447 g/mol. The highest BCUT2D eigenvalue weighted by Gasteiger charge is 2.42. The first kappa shape index (κ1) is 21.5. The molecule has 0 aliphatic carbocycles. The largest absolute Gasteiger partial charge is 0.454 e. The fourth-order valence-electron chi connectivity index (χ4n) is 4.67. The van der Waals surface area contributed by atoms with Crippen LogP contribution in [0.1, 0.15) is 29.2 Å². The van der Waals surface area contributed by atoms with Gasteiger partial charge in [-0.2, -0.15) is 0 Å². The average molecular weight is 448 g/mol. The SMILES string of the molecule is CCN1CCN(C2=C(c3ccc(C)c(C)c3)C(=O)N(Cc3ccc4c(c3)OCO4)C2=O)CC1. The van der Waals surface area contributed by atoms with E-state index in [0.29, 0.717) is 22.8 Å². The molecule has 0 N–H and O–H groups in total. The first-order valence-corrected chi connectivity index (χ1v) is 11.5. The van der Waals surface area contributed by atoms with Gasteiger partial charge in [0.25, 0.3) is 11.8 Å². The maximum Gasteiger partial charge on any atom is 0.278 e. The summed E-state index contributed by atoms with van der Waals surface area (Å²) in [5.41, 5.74) is 4.93. The molecule has 0 saturated carbocycles. The van der Waals surface area contributed by atoms with Gasteiger partial charge in [-0.3, -0.25) is 14.5 Å². The summed E-state index contributed by atoms with van der Waals surface area (Å²) in [4.78, 5) is 33.2. The third kappa shape index (κ3) is 3.86. The lowest BCUT2D eigenvalue weighted by Gasteiger charge is -2.36. The normalized spacial score (nSPS) is 18.6. The van der Waals surface area contributed by atoms with Gasteiger partial charge in [0.05, 0.1) is 12.1 Å². The van der Waals surface area contributed by atoms with E-state index in [9.17, 15) is 9.59 Å². The Kier molecular flexibility index (Phi) is 5.58. The van der Waals surface area contributed by atoms with Crippen LogP contribution in [-0.2, 0) is 16.1 Å². The highest BCUT2D eigenvalue weighted by atomic mass is 16.7. The zero-order valence-electron chi connectivity index (χ0n) is 19.4. The number of amides is 2. The lowest BCUT2D eigenvalue weighted by molar-refractivity contribution is -0.138. The highest BCUT2D eigenvalue weighted by molar-refractivity contribution is 6.35. The lowest BCUT2D eigenvalue weighted by atomic mass is 9.99. The molecule has 2 aromatic rings. The Bertz CT molecular complexity index is 1150. The van der Waals surface area contributed by atoms with E-state index in [1.807, 2.05) is 50.2 Å². The molecular weight excluding hydrogens is 418 g/mol. The predicted octanol–water partition coefficient (Wildman–Crippen LogP) is 2.95. The van der Waals surface area contributed by atoms with Crippen molar-refractivity contribution in [1.82, 2.24) is 14.7 Å². The van der Waals surface area contributed by atoms with Gasteiger partial charge in [0, 0.05) is 26.2 Å². The molecule has 7 heteroatoms. The van der Waals surface area contributed by atoms with E-state index in [0.717, 1.165) is 55.0 Å². The number of benzene rings is 2. The van der Waals surface area contributed by atoms with E-state index in [4.69, 9.17) is 9.47 Å². The standard InChI is InChI=1S/C26H29N3O4/c1-4-27-9-11-28(12-10-27)24-23(20-7-5-17(2)18(3)13-20)25(30)29(26(24)31)15-19-6-8-21-22(14-19)33-16-32-21/h5-8,13-14H,4,9-12,15-16H2,1-3H3. The summed E-state index contributed by atoms with van der Waals surface area (Å²) >= 11 is 0. The van der Waals surface area contributed by atoms with E-state index in [2.05, 4.69) is 16.7 Å². The van der Waals surface area contributed by atoms with Crippen LogP contribution in [0.15, 0.2) is 42.1 Å². The molecule has 2 amide bonds. The average Bonchev–Trinajstić information content (AvgIpc) is 3.39. The molecule has 172 valence electrons. The Labute approximate surface area is 194 Å². The number of rotatable bonds is 5. The summed E-state index contributed by atoms with van der Waals surface area (Å²) < 4.78 is 10.9. The maximum absolute atomic E-state index is 13.7. The predicted molar refractivity (Wildman–Crippen MR) is 125 cm³/mol. The third-order valence-corrected chi connectivity index (χ3v) is 6.85. The Morgan fingerprint density at radius 1 is 0.848 bits per heavy atom. The molecule has 0 aromatic heterocycles. The molecule has 3 aliphatic rings. The second-order valence-corrected chi connectivity index (χ2v) is 8.83. The lowest BCUT2D eigenvalue weighted by Crippen LogP contribution is -2.47. The summed E-state index contributed by atoms with van der Waals surface area (Å²) in [6.07, 6.45) is 0. The van der Waals surface area contributed by atoms with Crippen LogP contribution in [-0.4, -0.2) is 66.0 Å². The molecule has 3 aliphatic heterocycles. The molecule has 0 spiro atoms. The van der Waals surface area contributed by atoms with Gasteiger partial charge >= 0.3 is 0 Å². The van der Waals surface area contributed by atoms with Crippen LogP contribution in [0.3, 0.4) is 0 Å². The molecule has 0 atom stereocenters. The van der Waals surface area contributed by atoms with Crippen molar-refractivity contribution in [1.29, 1.82) is 0 Å². The molecule has 0 unspecified atom stereocenters. The maximum atomic E-state index is 13.7. The molecular formula is C26H29N3O4. The van der Waals surface area contributed by atoms with Gasteiger partial charge in [0.15, 0.2) is 11.5 Å². The zero-order chi connectivity index (χ0) is 23.1. The van der Waals surface area contributed by atoms with Crippen LogP contribution >= 0.6 is 0 Å². The Hall–Kier alpha value is -3.32. The summed E-state index contributed by atoms with van der Waals surface area (Å²) in [6.45, 7) is 10.8. The number of carbonyl (C=O) groups excluding carboxylic acids is 2. The molecule has 1 saturated heterocycles. The fraction of sp³-hybridized carbons (Fsp3) is 0.385. The van der Waals surface area contributed by atoms with Crippen LogP contribution in [0.4, 0.5) is 0 Å². The number of carbonyl (C=O) groups is 2. The van der Waals surface area contributed by atoms with Gasteiger partial charge in [-0.05, 0) is 54.8 Å². The molecule has 1 fully saturated rings. The van der Waals surface area contributed by atoms with Gasteiger partial charge in [0.1, 0.15) is 5.70 Å². The minimum atomic E-state index is -0.242. The first-order chi connectivity index (χ1) is 16.0. The Balaban J connectivity index is 1.50. The fourth-order valence-corrected chi connectivity index (χ4v) is 4.67. The van der Waals surface area contributed by atoms with Crippen LogP contribution < -0.4 is 9.47 Å². The van der Waals surface area contributed by atoms with Gasteiger partial charge in [0.2, 0.25) is 6.79 Å². The topological polar surface area (TPSA) is 62.3 Å². The van der Waals surface area contributed by atoms with Crippen molar-refractivity contribution in [2.24, 2.45) is 0 Å². The van der Waals surface area contributed by atoms with Gasteiger partial charge in [-0.25, -0.2) is 0 Å². The van der Waals surface area contributed by atoms with E-state index >= 15 is 0 Å². The van der Waals surface area contributed by atoms with Crippen molar-refractivity contribution in [3.63, 3.8) is 0 Å². The quantitative estimate of drug-likeness (QED) is 0.657. The van der Waals surface area contributed by atoms with Crippen LogP contribution in [0, 0.1) is 13.8 Å². The minimum Gasteiger partial charge on any atom is -0.454 e. The van der Waals surface area contributed by atoms with Gasteiger partial charge in [-0.15, -0.1) is 0 Å². The van der Waals surface area contributed by atoms with Crippen LogP contribution in [0.5, 0.6) is 11.5 Å². The van der Waals surface area contributed by atoms with Gasteiger partial charge in [-0.1, -0.05) is 31.2 Å². The van der Waals surface area contributed by atoms with Crippen LogP contribution in [0.2, 0.25) is 0 Å². The van der Waals surface area contributed by atoms with Crippen molar-refractivity contribution in [3.05, 3.63) is 64.3 Å². The number of likely N-dealkylation sites (N-methyl/N-ethyl adjacent to an activating group) is 1.